The highest BCUT2D eigenvalue weighted by Crippen LogP contribution is 2.51. The molecule has 5 rings (SSSR count). The molecule has 10 heteroatoms. The van der Waals surface area contributed by atoms with E-state index in [9.17, 15) is 13.2 Å². The number of nitrogens with zero attached hydrogens (tertiary/aromatic N) is 1. The predicted molar refractivity (Wildman–Crippen MR) is 145 cm³/mol. The van der Waals surface area contributed by atoms with E-state index in [2.05, 4.69) is 16.7 Å². The molecule has 0 unspecified atom stereocenters. The number of ether oxygens (including phenoxy) is 1. The van der Waals surface area contributed by atoms with Gasteiger partial charge in [0.2, 0.25) is 0 Å². The van der Waals surface area contributed by atoms with Gasteiger partial charge in [-0.2, -0.15) is 8.42 Å². The van der Waals surface area contributed by atoms with Gasteiger partial charge in [-0.1, -0.05) is 25.3 Å². The number of hydrogen-bond donors (Lipinski definition) is 2. The number of carbonyl (C=O) groups excluding carboxylic acids is 1. The lowest BCUT2D eigenvalue weighted by atomic mass is 9.81. The number of hydrogen-bond acceptors (Lipinski definition) is 6. The van der Waals surface area contributed by atoms with E-state index in [0.29, 0.717) is 19.1 Å². The van der Waals surface area contributed by atoms with E-state index in [0.717, 1.165) is 53.6 Å². The summed E-state index contributed by atoms with van der Waals surface area (Å²) in [7, 11) is -1.01. The van der Waals surface area contributed by atoms with Crippen LogP contribution in [0.4, 0.5) is 0 Å². The minimum Gasteiger partial charge on any atom is -0.497 e. The number of fused-ring (bicyclic) bond motifs is 1. The Morgan fingerprint density at radius 2 is 1.79 bits per heavy atom. The lowest BCUT2D eigenvalue weighted by Gasteiger charge is -2.24. The first-order valence-electron chi connectivity index (χ1n) is 13.0. The van der Waals surface area contributed by atoms with Crippen LogP contribution in [0.25, 0.3) is 22.2 Å². The number of aromatic nitrogens is 1. The lowest BCUT2D eigenvalue weighted by molar-refractivity contribution is -0.283. The number of nitrogens with two attached hydrogens (primary N) is 1. The first-order chi connectivity index (χ1) is 18.2. The summed E-state index contributed by atoms with van der Waals surface area (Å²) in [6.07, 6.45) is 7.81. The van der Waals surface area contributed by atoms with E-state index < -0.39 is 16.1 Å². The molecule has 3 aromatic rings. The molecule has 1 aromatic heterocycles. The number of nitrogens with one attached hydrogen (secondary N) is 1. The van der Waals surface area contributed by atoms with Gasteiger partial charge in [0.05, 0.1) is 26.5 Å². The largest absolute Gasteiger partial charge is 0.497 e. The van der Waals surface area contributed by atoms with Crippen molar-refractivity contribution in [2.24, 2.45) is 10.6 Å². The Kier molecular flexibility index (Phi) is 7.50. The van der Waals surface area contributed by atoms with E-state index in [1.165, 1.54) is 31.9 Å². The summed E-state index contributed by atoms with van der Waals surface area (Å²) in [5.74, 6) is 0.417. The van der Waals surface area contributed by atoms with Crippen LogP contribution in [0.15, 0.2) is 42.5 Å². The molecule has 1 amide bonds. The van der Waals surface area contributed by atoms with Crippen LogP contribution < -0.4 is 14.6 Å². The Morgan fingerprint density at radius 1 is 1.08 bits per heavy atom. The number of amides is 1. The van der Waals surface area contributed by atoms with Gasteiger partial charge in [-0.15, -0.1) is 0 Å². The van der Waals surface area contributed by atoms with Gasteiger partial charge in [-0.05, 0) is 79.1 Å². The van der Waals surface area contributed by atoms with Crippen LogP contribution in [0.3, 0.4) is 0 Å². The van der Waals surface area contributed by atoms with Gasteiger partial charge in [0.1, 0.15) is 5.75 Å². The molecule has 2 aliphatic carbocycles. The third-order valence-electron chi connectivity index (χ3n) is 7.91. The fourth-order valence-corrected chi connectivity index (χ4v) is 6.15. The summed E-state index contributed by atoms with van der Waals surface area (Å²) in [5, 5.41) is 6.16. The molecule has 2 saturated carbocycles. The summed E-state index contributed by atoms with van der Waals surface area (Å²) >= 11 is 0. The van der Waals surface area contributed by atoms with Crippen molar-refractivity contribution in [2.45, 2.75) is 57.4 Å². The van der Waals surface area contributed by atoms with E-state index in [-0.39, 0.29) is 11.0 Å². The molecule has 204 valence electrons. The van der Waals surface area contributed by atoms with Crippen molar-refractivity contribution in [1.82, 2.24) is 9.29 Å². The summed E-state index contributed by atoms with van der Waals surface area (Å²) in [4.78, 5) is 23.1. The third-order valence-corrected chi connectivity index (χ3v) is 8.38. The molecule has 0 aliphatic heterocycles. The number of rotatable bonds is 10. The summed E-state index contributed by atoms with van der Waals surface area (Å²) in [5.41, 5.74) is 4.53. The van der Waals surface area contributed by atoms with Gasteiger partial charge >= 0.3 is 0 Å². The van der Waals surface area contributed by atoms with Crippen molar-refractivity contribution >= 4 is 27.0 Å². The SMILES string of the molecule is COOCC1(Cn2c(-c3ccc(OC)cc3)c(C3CCCCC3)c3ccc(C(=O)NS(N)(=O)=O)cc32)CC1. The fraction of sp³-hybridized carbons (Fsp3) is 0.464. The number of methoxy groups -OCH3 is 1. The summed E-state index contributed by atoms with van der Waals surface area (Å²) < 4.78 is 32.7. The second-order valence-electron chi connectivity index (χ2n) is 10.5. The lowest BCUT2D eigenvalue weighted by Crippen LogP contribution is -2.35. The molecule has 3 N–H and O–H groups in total. The molecular formula is C28H35N3O6S. The quantitative estimate of drug-likeness (QED) is 0.284. The third kappa shape index (κ3) is 5.58. The van der Waals surface area contributed by atoms with Gasteiger partial charge in [0, 0.05) is 28.4 Å². The monoisotopic (exact) mass is 541 g/mol. The molecule has 2 fully saturated rings. The Hall–Kier alpha value is -2.92. The van der Waals surface area contributed by atoms with Crippen LogP contribution in [-0.2, 0) is 26.5 Å². The van der Waals surface area contributed by atoms with E-state index in [1.54, 1.807) is 19.2 Å². The van der Waals surface area contributed by atoms with Crippen LogP contribution in [0.5, 0.6) is 5.75 Å². The van der Waals surface area contributed by atoms with Crippen molar-refractivity contribution in [2.75, 3.05) is 20.8 Å². The maximum atomic E-state index is 12.8. The second-order valence-corrected chi connectivity index (χ2v) is 11.8. The number of carbonyl (C=O) groups is 1. The average Bonchev–Trinajstić information content (AvgIpc) is 3.61. The van der Waals surface area contributed by atoms with Gasteiger partial charge in [0.15, 0.2) is 0 Å². The van der Waals surface area contributed by atoms with E-state index >= 15 is 0 Å². The van der Waals surface area contributed by atoms with Crippen molar-refractivity contribution in [3.05, 3.63) is 53.6 Å². The second kappa shape index (κ2) is 10.7. The highest BCUT2D eigenvalue weighted by Gasteiger charge is 2.45. The van der Waals surface area contributed by atoms with Crippen LogP contribution in [0, 0.1) is 5.41 Å². The zero-order chi connectivity index (χ0) is 26.9. The van der Waals surface area contributed by atoms with Gasteiger partial charge in [0.25, 0.3) is 16.1 Å². The maximum Gasteiger partial charge on any atom is 0.298 e. The maximum absolute atomic E-state index is 12.8. The molecule has 0 spiro atoms. The average molecular weight is 542 g/mol. The molecule has 0 bridgehead atoms. The summed E-state index contributed by atoms with van der Waals surface area (Å²) in [6.45, 7) is 1.15. The Morgan fingerprint density at radius 3 is 2.39 bits per heavy atom. The minimum atomic E-state index is -4.18. The van der Waals surface area contributed by atoms with Crippen LogP contribution >= 0.6 is 0 Å². The summed E-state index contributed by atoms with van der Waals surface area (Å²) in [6, 6.07) is 13.5. The highest BCUT2D eigenvalue weighted by atomic mass is 32.2. The molecule has 2 aliphatic rings. The van der Waals surface area contributed by atoms with Gasteiger partial charge < -0.3 is 9.30 Å². The standard InChI is InChI=1S/C28H35N3O6S/c1-35-22-11-8-20(9-12-22)26-25(19-6-4-3-5-7-19)23-13-10-21(27(32)30-38(29,33)34)16-24(23)31(26)17-28(14-15-28)18-37-36-2/h8-13,16,19H,3-7,14-15,17-18H2,1-2H3,(H,30,32)(H2,29,33,34). The van der Waals surface area contributed by atoms with Crippen molar-refractivity contribution in [3.8, 4) is 17.0 Å². The normalized spacial score (nSPS) is 17.4. The topological polar surface area (TPSA) is 122 Å². The van der Waals surface area contributed by atoms with Crippen molar-refractivity contribution in [1.29, 1.82) is 0 Å². The molecule has 9 nitrogen and oxygen atoms in total. The predicted octanol–water partition coefficient (Wildman–Crippen LogP) is 4.66. The van der Waals surface area contributed by atoms with E-state index in [1.807, 2.05) is 22.9 Å². The van der Waals surface area contributed by atoms with Crippen LogP contribution in [0.2, 0.25) is 0 Å². The fourth-order valence-electron chi connectivity index (χ4n) is 5.78. The van der Waals surface area contributed by atoms with Crippen LogP contribution in [-0.4, -0.2) is 39.7 Å². The Bertz CT molecular complexity index is 1420. The first kappa shape index (κ1) is 26.7. The highest BCUT2D eigenvalue weighted by molar-refractivity contribution is 7.87. The Labute approximate surface area is 223 Å². The molecule has 0 saturated heterocycles. The first-order valence-corrected chi connectivity index (χ1v) is 14.6. The molecule has 1 heterocycles. The van der Waals surface area contributed by atoms with Crippen molar-refractivity contribution < 1.29 is 27.7 Å². The van der Waals surface area contributed by atoms with Crippen LogP contribution in [0.1, 0.15) is 66.8 Å². The zero-order valence-corrected chi connectivity index (χ0v) is 22.7. The molecule has 0 atom stereocenters. The minimum absolute atomic E-state index is 0.0775. The molecular weight excluding hydrogens is 506 g/mol. The van der Waals surface area contributed by atoms with Crippen molar-refractivity contribution in [3.63, 3.8) is 0 Å². The zero-order valence-electron chi connectivity index (χ0n) is 21.9. The molecule has 2 aromatic carbocycles. The molecule has 38 heavy (non-hydrogen) atoms. The van der Waals surface area contributed by atoms with Gasteiger partial charge in [-0.25, -0.2) is 19.6 Å². The number of benzene rings is 2. The smallest absolute Gasteiger partial charge is 0.298 e. The van der Waals surface area contributed by atoms with E-state index in [4.69, 9.17) is 19.7 Å². The molecule has 0 radical (unpaired) electrons. The van der Waals surface area contributed by atoms with Gasteiger partial charge in [-0.3, -0.25) is 4.79 Å². The Balaban J connectivity index is 1.72.